The van der Waals surface area contributed by atoms with Crippen molar-refractivity contribution in [3.63, 3.8) is 0 Å². The first-order valence-electron chi connectivity index (χ1n) is 12.1. The molecule has 0 radical (unpaired) electrons. The zero-order chi connectivity index (χ0) is 24.4. The van der Waals surface area contributed by atoms with Crippen molar-refractivity contribution in [2.75, 3.05) is 0 Å². The molecule has 0 nitrogen and oxygen atoms in total. The van der Waals surface area contributed by atoms with E-state index in [1.807, 2.05) is 30.3 Å². The SMILES string of the molecule is [Fe].[Ni].[cH-]1[cH-][cH-][cH-][cH-]1.c1ccc(P(c2ccccc2)c2ccc[c-]2P(c2ccccc2)c2ccccc2)cc1. The van der Waals surface area contributed by atoms with E-state index in [1.54, 1.807) is 0 Å². The van der Waals surface area contributed by atoms with E-state index in [1.165, 1.54) is 31.8 Å². The largest absolute Gasteiger partial charge is 0.748 e. The zero-order valence-corrected chi connectivity index (χ0v) is 24.6. The summed E-state index contributed by atoms with van der Waals surface area (Å²) in [7, 11) is -1.25. The van der Waals surface area contributed by atoms with Crippen LogP contribution in [0.3, 0.4) is 0 Å². The Kier molecular flexibility index (Phi) is 12.4. The molecule has 0 saturated carbocycles. The molecule has 0 unspecified atom stereocenters. The van der Waals surface area contributed by atoms with Crippen molar-refractivity contribution in [3.8, 4) is 0 Å². The molecule has 0 amide bonds. The molecule has 0 saturated heterocycles. The maximum Gasteiger partial charge on any atom is 0 e. The van der Waals surface area contributed by atoms with Gasteiger partial charge < -0.3 is 30.3 Å². The van der Waals surface area contributed by atoms with Crippen LogP contribution >= 0.6 is 15.8 Å². The third-order valence-electron chi connectivity index (χ3n) is 5.87. The standard InChI is InChI=1S/C29H23P2.C5H5.Fe.Ni/c1-5-14-24(15-6-1)30(25-16-7-2-8-17-25)28-22-13-23-29(28)31(26-18-9-3-10-19-26)27-20-11-4-12-21-27;1-2-4-5-3-1;;/h1-23H;1-5H;;/q-1;-5;;. The molecule has 6 rings (SSSR count). The van der Waals surface area contributed by atoms with Crippen molar-refractivity contribution in [3.05, 3.63) is 170 Å². The van der Waals surface area contributed by atoms with Gasteiger partial charge in [0.1, 0.15) is 0 Å². The zero-order valence-electron chi connectivity index (χ0n) is 20.7. The van der Waals surface area contributed by atoms with Gasteiger partial charge in [-0.15, -0.1) is 10.6 Å². The van der Waals surface area contributed by atoms with Crippen LogP contribution in [0.2, 0.25) is 0 Å². The van der Waals surface area contributed by atoms with Crippen LogP contribution in [0.1, 0.15) is 0 Å². The van der Waals surface area contributed by atoms with Crippen molar-refractivity contribution in [1.82, 2.24) is 0 Å². The molecule has 0 aliphatic rings. The van der Waals surface area contributed by atoms with Gasteiger partial charge in [-0.2, -0.15) is 6.07 Å². The second-order valence-corrected chi connectivity index (χ2v) is 12.6. The molecule has 0 aliphatic carbocycles. The fourth-order valence-corrected chi connectivity index (χ4v) is 9.53. The number of hydrogen-bond donors (Lipinski definition) is 0. The van der Waals surface area contributed by atoms with Crippen LogP contribution in [0.4, 0.5) is 0 Å². The molecule has 6 aromatic carbocycles. The van der Waals surface area contributed by atoms with Gasteiger partial charge >= 0.3 is 0 Å². The molecule has 38 heavy (non-hydrogen) atoms. The van der Waals surface area contributed by atoms with Crippen molar-refractivity contribution in [2.45, 2.75) is 0 Å². The quantitative estimate of drug-likeness (QED) is 0.117. The van der Waals surface area contributed by atoms with Gasteiger partial charge in [-0.1, -0.05) is 129 Å². The van der Waals surface area contributed by atoms with Crippen LogP contribution in [0, 0.1) is 0 Å². The van der Waals surface area contributed by atoms with Gasteiger partial charge in [-0.25, -0.2) is 12.1 Å². The van der Waals surface area contributed by atoms with Gasteiger partial charge in [0.05, 0.1) is 0 Å². The summed E-state index contributed by atoms with van der Waals surface area (Å²) >= 11 is 0. The molecular weight excluding hydrogens is 585 g/mol. The van der Waals surface area contributed by atoms with Gasteiger partial charge in [0.25, 0.3) is 0 Å². The fraction of sp³-hybridized carbons (Fsp3) is 0. The van der Waals surface area contributed by atoms with Gasteiger partial charge in [0.15, 0.2) is 0 Å². The molecular formula is C34H28FeNiP2-6. The van der Waals surface area contributed by atoms with E-state index in [-0.39, 0.29) is 33.6 Å². The minimum Gasteiger partial charge on any atom is -0.748 e. The minimum absolute atomic E-state index is 0. The van der Waals surface area contributed by atoms with Crippen molar-refractivity contribution in [2.24, 2.45) is 0 Å². The molecule has 0 heterocycles. The Morgan fingerprint density at radius 3 is 1.13 bits per heavy atom. The molecule has 0 aromatic heterocycles. The van der Waals surface area contributed by atoms with Gasteiger partial charge in [0.2, 0.25) is 0 Å². The first-order chi connectivity index (χ1) is 17.9. The molecule has 0 fully saturated rings. The monoisotopic (exact) mass is 612 g/mol. The van der Waals surface area contributed by atoms with Crippen LogP contribution < -0.4 is 31.8 Å². The summed E-state index contributed by atoms with van der Waals surface area (Å²) in [6, 6.07) is 60.9. The summed E-state index contributed by atoms with van der Waals surface area (Å²) in [5.41, 5.74) is 0. The fourth-order valence-electron chi connectivity index (χ4n) is 4.26. The van der Waals surface area contributed by atoms with Gasteiger partial charge in [-0.3, -0.25) is 0 Å². The van der Waals surface area contributed by atoms with E-state index in [4.69, 9.17) is 0 Å². The average Bonchev–Trinajstić information content (AvgIpc) is 3.68. The average molecular weight is 613 g/mol. The third-order valence-corrected chi connectivity index (χ3v) is 11.0. The van der Waals surface area contributed by atoms with Crippen LogP contribution in [-0.2, 0) is 33.6 Å². The predicted octanol–water partition coefficient (Wildman–Crippen LogP) is 6.32. The van der Waals surface area contributed by atoms with Crippen LogP contribution in [-0.4, -0.2) is 0 Å². The first-order valence-corrected chi connectivity index (χ1v) is 14.8. The summed E-state index contributed by atoms with van der Waals surface area (Å²) in [6.07, 6.45) is 0. The van der Waals surface area contributed by atoms with Crippen molar-refractivity contribution >= 4 is 47.7 Å². The summed E-state index contributed by atoms with van der Waals surface area (Å²) in [5, 5.41) is 8.51. The smallest absolute Gasteiger partial charge is 0 e. The first kappa shape index (κ1) is 30.0. The molecule has 0 bridgehead atoms. The van der Waals surface area contributed by atoms with E-state index in [2.05, 4.69) is 140 Å². The summed E-state index contributed by atoms with van der Waals surface area (Å²) < 4.78 is 0. The van der Waals surface area contributed by atoms with Crippen LogP contribution in [0.15, 0.2) is 170 Å². The van der Waals surface area contributed by atoms with Gasteiger partial charge in [-0.05, 0) is 29.1 Å². The van der Waals surface area contributed by atoms with E-state index >= 15 is 0 Å². The Hall–Kier alpha value is -2.55. The molecule has 6 aromatic rings. The maximum absolute atomic E-state index is 2.35. The Morgan fingerprint density at radius 1 is 0.421 bits per heavy atom. The van der Waals surface area contributed by atoms with E-state index < -0.39 is 15.8 Å². The Bertz CT molecular complexity index is 1220. The number of hydrogen-bond acceptors (Lipinski definition) is 0. The molecule has 0 aliphatic heterocycles. The predicted molar refractivity (Wildman–Crippen MR) is 161 cm³/mol. The molecule has 0 spiro atoms. The third kappa shape index (κ3) is 7.52. The molecule has 0 atom stereocenters. The molecule has 198 valence electrons. The Morgan fingerprint density at radius 2 is 0.763 bits per heavy atom. The topological polar surface area (TPSA) is 0 Å². The van der Waals surface area contributed by atoms with Crippen LogP contribution in [0.25, 0.3) is 0 Å². The summed E-state index contributed by atoms with van der Waals surface area (Å²) in [5.74, 6) is 0. The number of benzene rings is 4. The van der Waals surface area contributed by atoms with Crippen molar-refractivity contribution < 1.29 is 33.6 Å². The van der Waals surface area contributed by atoms with E-state index in [0.29, 0.717) is 0 Å². The summed E-state index contributed by atoms with van der Waals surface area (Å²) in [6.45, 7) is 0. The maximum atomic E-state index is 2.35. The van der Waals surface area contributed by atoms with E-state index in [9.17, 15) is 0 Å². The second-order valence-electron chi connectivity index (χ2n) is 8.27. The molecule has 4 heteroatoms. The normalized spacial score (nSPS) is 10.2. The number of rotatable bonds is 6. The van der Waals surface area contributed by atoms with Crippen LogP contribution in [0.5, 0.6) is 0 Å². The second kappa shape index (κ2) is 15.8. The molecule has 0 N–H and O–H groups in total. The minimum atomic E-state index is -0.627. The van der Waals surface area contributed by atoms with E-state index in [0.717, 1.165) is 0 Å². The Balaban J connectivity index is 0.000000515. The van der Waals surface area contributed by atoms with Gasteiger partial charge in [0, 0.05) is 33.6 Å². The Labute approximate surface area is 249 Å². The van der Waals surface area contributed by atoms with Crippen molar-refractivity contribution in [1.29, 1.82) is 0 Å². The summed E-state index contributed by atoms with van der Waals surface area (Å²) in [4.78, 5) is 0.